The number of nitro groups is 1. The van der Waals surface area contributed by atoms with Crippen molar-refractivity contribution in [2.45, 2.75) is 0 Å². The van der Waals surface area contributed by atoms with Crippen LogP contribution in [0.25, 0.3) is 0 Å². The van der Waals surface area contributed by atoms with E-state index in [9.17, 15) is 14.9 Å². The van der Waals surface area contributed by atoms with E-state index in [1.165, 1.54) is 20.4 Å². The highest BCUT2D eigenvalue weighted by Gasteiger charge is 2.21. The Hall–Kier alpha value is -3.43. The zero-order valence-corrected chi connectivity index (χ0v) is 12.3. The van der Waals surface area contributed by atoms with Crippen molar-refractivity contribution in [3.05, 3.63) is 45.9 Å². The molecule has 120 valence electrons. The average Bonchev–Trinajstić information content (AvgIpc) is 3.04. The summed E-state index contributed by atoms with van der Waals surface area (Å²) in [6, 6.07) is 5.04. The lowest BCUT2D eigenvalue weighted by atomic mass is 10.2. The lowest BCUT2D eigenvalue weighted by molar-refractivity contribution is -0.389. The Morgan fingerprint density at radius 1 is 1.39 bits per heavy atom. The number of methoxy groups -OCH3 is 2. The Balaban J connectivity index is 2.08. The first-order chi connectivity index (χ1) is 11.1. The Morgan fingerprint density at radius 3 is 2.78 bits per heavy atom. The van der Waals surface area contributed by atoms with E-state index in [0.717, 1.165) is 6.33 Å². The van der Waals surface area contributed by atoms with Gasteiger partial charge in [0.15, 0.2) is 17.8 Å². The van der Waals surface area contributed by atoms with E-state index in [-0.39, 0.29) is 5.69 Å². The number of aromatic amines is 1. The molecule has 1 amide bonds. The van der Waals surface area contributed by atoms with Crippen LogP contribution in [0.2, 0.25) is 0 Å². The normalized spacial score (nSPS) is 10.5. The molecule has 10 nitrogen and oxygen atoms in total. The maximum atomic E-state index is 11.8. The van der Waals surface area contributed by atoms with Crippen molar-refractivity contribution < 1.29 is 19.2 Å². The highest BCUT2D eigenvalue weighted by atomic mass is 16.6. The largest absolute Gasteiger partial charge is 0.493 e. The molecule has 0 aliphatic heterocycles. The molecule has 0 spiro atoms. The van der Waals surface area contributed by atoms with E-state index in [2.05, 4.69) is 20.5 Å². The third-order valence-electron chi connectivity index (χ3n) is 2.80. The highest BCUT2D eigenvalue weighted by Crippen LogP contribution is 2.26. The van der Waals surface area contributed by atoms with Crippen LogP contribution >= 0.6 is 0 Å². The van der Waals surface area contributed by atoms with Gasteiger partial charge in [0.05, 0.1) is 20.4 Å². The Kier molecular flexibility index (Phi) is 4.87. The van der Waals surface area contributed by atoms with Crippen molar-refractivity contribution in [1.29, 1.82) is 0 Å². The third kappa shape index (κ3) is 3.61. The molecule has 1 heterocycles. The molecule has 0 bridgehead atoms. The Morgan fingerprint density at radius 2 is 2.13 bits per heavy atom. The zero-order valence-electron chi connectivity index (χ0n) is 12.3. The van der Waals surface area contributed by atoms with Crippen LogP contribution in [0.4, 0.5) is 5.82 Å². The number of ether oxygens (including phenoxy) is 2. The van der Waals surface area contributed by atoms with Gasteiger partial charge in [-0.25, -0.2) is 15.4 Å². The number of amides is 1. The van der Waals surface area contributed by atoms with Crippen LogP contribution in [0.15, 0.2) is 29.6 Å². The fraction of sp³-hybridized carbons (Fsp3) is 0.154. The topological polar surface area (TPSA) is 132 Å². The molecular weight excluding hydrogens is 306 g/mol. The number of rotatable bonds is 6. The predicted octanol–water partition coefficient (Wildman–Crippen LogP) is 1.10. The van der Waals surface area contributed by atoms with Crippen LogP contribution in [-0.2, 0) is 0 Å². The highest BCUT2D eigenvalue weighted by molar-refractivity contribution is 5.96. The number of hydrogen-bond acceptors (Lipinski definition) is 7. The quantitative estimate of drug-likeness (QED) is 0.465. The molecule has 0 saturated heterocycles. The van der Waals surface area contributed by atoms with E-state index in [1.54, 1.807) is 18.2 Å². The second-order valence-corrected chi connectivity index (χ2v) is 4.17. The molecule has 0 aliphatic rings. The van der Waals surface area contributed by atoms with Crippen molar-refractivity contribution >= 4 is 17.9 Å². The molecule has 0 radical (unpaired) electrons. The van der Waals surface area contributed by atoms with Gasteiger partial charge >= 0.3 is 5.82 Å². The van der Waals surface area contributed by atoms with E-state index >= 15 is 0 Å². The number of carbonyl (C=O) groups is 1. The van der Waals surface area contributed by atoms with Gasteiger partial charge in [-0.3, -0.25) is 4.79 Å². The molecule has 0 aliphatic carbocycles. The van der Waals surface area contributed by atoms with Crippen molar-refractivity contribution in [2.24, 2.45) is 5.10 Å². The molecule has 0 unspecified atom stereocenters. The molecule has 23 heavy (non-hydrogen) atoms. The van der Waals surface area contributed by atoms with Crippen LogP contribution in [0.1, 0.15) is 16.1 Å². The number of H-pyrrole nitrogens is 1. The summed E-state index contributed by atoms with van der Waals surface area (Å²) in [4.78, 5) is 27.6. The molecule has 0 atom stereocenters. The first-order valence-corrected chi connectivity index (χ1v) is 6.30. The molecule has 2 rings (SSSR count). The molecule has 2 N–H and O–H groups in total. The molecule has 0 saturated carbocycles. The van der Waals surface area contributed by atoms with Crippen molar-refractivity contribution in [3.63, 3.8) is 0 Å². The summed E-state index contributed by atoms with van der Waals surface area (Å²) >= 11 is 0. The molecular formula is C13H13N5O5. The summed E-state index contributed by atoms with van der Waals surface area (Å²) in [5, 5.41) is 14.4. The summed E-state index contributed by atoms with van der Waals surface area (Å²) in [6.07, 6.45) is 2.42. The van der Waals surface area contributed by atoms with Gasteiger partial charge in [0.25, 0.3) is 5.91 Å². The van der Waals surface area contributed by atoms with Gasteiger partial charge in [0, 0.05) is 0 Å². The van der Waals surface area contributed by atoms with Crippen molar-refractivity contribution in [3.8, 4) is 11.5 Å². The fourth-order valence-corrected chi connectivity index (χ4v) is 1.74. The first kappa shape index (κ1) is 15.9. The van der Waals surface area contributed by atoms with E-state index in [1.807, 2.05) is 0 Å². The maximum absolute atomic E-state index is 11.8. The minimum Gasteiger partial charge on any atom is -0.493 e. The number of carbonyl (C=O) groups excluding carboxylic acids is 1. The van der Waals surface area contributed by atoms with Gasteiger partial charge in [0.1, 0.15) is 0 Å². The summed E-state index contributed by atoms with van der Waals surface area (Å²) < 4.78 is 10.2. The minimum absolute atomic E-state index is 0.348. The maximum Gasteiger partial charge on any atom is 0.353 e. The molecule has 0 fully saturated rings. The number of imidazole rings is 1. The van der Waals surface area contributed by atoms with Gasteiger partial charge in [-0.2, -0.15) is 5.10 Å². The summed E-state index contributed by atoms with van der Waals surface area (Å²) in [5.41, 5.74) is 2.46. The van der Waals surface area contributed by atoms with E-state index in [4.69, 9.17) is 9.47 Å². The van der Waals surface area contributed by atoms with Crippen LogP contribution in [0.5, 0.6) is 11.5 Å². The van der Waals surface area contributed by atoms with Crippen LogP contribution in [-0.4, -0.2) is 41.2 Å². The van der Waals surface area contributed by atoms with Crippen LogP contribution in [0.3, 0.4) is 0 Å². The minimum atomic E-state index is -0.797. The summed E-state index contributed by atoms with van der Waals surface area (Å²) in [6.45, 7) is 0. The Labute approximate surface area is 130 Å². The van der Waals surface area contributed by atoms with Gasteiger partial charge in [-0.1, -0.05) is 0 Å². The summed E-state index contributed by atoms with van der Waals surface area (Å²) in [7, 11) is 3.01. The SMILES string of the molecule is COc1ccc(/C=N\NC(=O)c2nc[nH]c2[N+](=O)[O-])cc1OC. The number of hydrazone groups is 1. The van der Waals surface area contributed by atoms with Crippen molar-refractivity contribution in [1.82, 2.24) is 15.4 Å². The number of nitrogens with one attached hydrogen (secondary N) is 2. The summed E-state index contributed by atoms with van der Waals surface area (Å²) in [5.74, 6) is -0.231. The van der Waals surface area contributed by atoms with E-state index < -0.39 is 16.6 Å². The zero-order chi connectivity index (χ0) is 16.8. The number of nitrogens with zero attached hydrogens (tertiary/aromatic N) is 3. The molecule has 2 aromatic rings. The molecule has 1 aromatic carbocycles. The average molecular weight is 319 g/mol. The standard InChI is InChI=1S/C13H13N5O5/c1-22-9-4-3-8(5-10(9)23-2)6-16-17-13(19)11-12(18(20)21)15-7-14-11/h3-7H,1-2H3,(H,14,15)(H,17,19)/b16-6-. The van der Waals surface area contributed by atoms with Gasteiger partial charge < -0.3 is 19.6 Å². The van der Waals surface area contributed by atoms with Gasteiger partial charge in [-0.05, 0) is 28.7 Å². The molecule has 1 aromatic heterocycles. The second-order valence-electron chi connectivity index (χ2n) is 4.17. The van der Waals surface area contributed by atoms with Gasteiger partial charge in [0.2, 0.25) is 5.69 Å². The first-order valence-electron chi connectivity index (χ1n) is 6.30. The predicted molar refractivity (Wildman–Crippen MR) is 79.8 cm³/mol. The second kappa shape index (κ2) is 7.02. The van der Waals surface area contributed by atoms with Crippen LogP contribution in [0, 0.1) is 10.1 Å². The number of aromatic nitrogens is 2. The smallest absolute Gasteiger partial charge is 0.353 e. The fourth-order valence-electron chi connectivity index (χ4n) is 1.74. The van der Waals surface area contributed by atoms with Crippen molar-refractivity contribution in [2.75, 3.05) is 14.2 Å². The van der Waals surface area contributed by atoms with Crippen LogP contribution < -0.4 is 14.9 Å². The van der Waals surface area contributed by atoms with E-state index in [0.29, 0.717) is 17.1 Å². The monoisotopic (exact) mass is 319 g/mol. The third-order valence-corrected chi connectivity index (χ3v) is 2.80. The lowest BCUT2D eigenvalue weighted by Gasteiger charge is -2.07. The lowest BCUT2D eigenvalue weighted by Crippen LogP contribution is -2.19. The van der Waals surface area contributed by atoms with Gasteiger partial charge in [-0.15, -0.1) is 0 Å². The number of hydrogen-bond donors (Lipinski definition) is 2. The molecule has 10 heteroatoms. The number of benzene rings is 1. The Bertz CT molecular complexity index is 755.